The number of hydrogen-bond donors (Lipinski definition) is 2. The second kappa shape index (κ2) is 10.9. The third-order valence-corrected chi connectivity index (χ3v) is 6.58. The van der Waals surface area contributed by atoms with Gasteiger partial charge in [0.2, 0.25) is 0 Å². The Balaban J connectivity index is 1.88. The number of nitrogens with zero attached hydrogens (tertiary/aromatic N) is 2. The van der Waals surface area contributed by atoms with Gasteiger partial charge in [-0.2, -0.15) is 0 Å². The standard InChI is InChI=1S/C26H30FN3O3S/c1-5-6-7-14-30-16-22(24(31)29-21-15-17(2)8-13-20(21)27)28-23(30)18-9-11-19(12-10-18)34-26(3,4)25(32)33/h8-13,15-16H,5-7,14H2,1-4H3,(H,29,31)(H,32,33). The average Bonchev–Trinajstić information content (AvgIpc) is 3.21. The summed E-state index contributed by atoms with van der Waals surface area (Å²) in [6.45, 7) is 7.98. The van der Waals surface area contributed by atoms with Crippen LogP contribution in [0.1, 0.15) is 56.1 Å². The number of halogens is 1. The molecule has 3 aromatic rings. The van der Waals surface area contributed by atoms with Crippen molar-refractivity contribution in [3.63, 3.8) is 0 Å². The summed E-state index contributed by atoms with van der Waals surface area (Å²) in [5.74, 6) is -1.22. The van der Waals surface area contributed by atoms with Gasteiger partial charge in [-0.05, 0) is 57.0 Å². The van der Waals surface area contributed by atoms with Gasteiger partial charge < -0.3 is 15.0 Å². The highest BCUT2D eigenvalue weighted by molar-refractivity contribution is 8.01. The molecule has 1 heterocycles. The maximum absolute atomic E-state index is 14.1. The van der Waals surface area contributed by atoms with Crippen LogP contribution < -0.4 is 5.32 Å². The van der Waals surface area contributed by atoms with Crippen molar-refractivity contribution in [3.8, 4) is 11.4 Å². The van der Waals surface area contributed by atoms with E-state index in [1.807, 2.05) is 35.8 Å². The van der Waals surface area contributed by atoms with Crippen LogP contribution in [0.3, 0.4) is 0 Å². The molecule has 1 amide bonds. The van der Waals surface area contributed by atoms with Gasteiger partial charge in [0.25, 0.3) is 5.91 Å². The Labute approximate surface area is 203 Å². The van der Waals surface area contributed by atoms with E-state index in [-0.39, 0.29) is 11.4 Å². The number of unbranched alkanes of at least 4 members (excludes halogenated alkanes) is 2. The minimum absolute atomic E-state index is 0.120. The number of hydrogen-bond acceptors (Lipinski definition) is 4. The number of anilines is 1. The summed E-state index contributed by atoms with van der Waals surface area (Å²) < 4.78 is 15.1. The fourth-order valence-corrected chi connectivity index (χ4v) is 4.34. The Kier molecular flexibility index (Phi) is 8.15. The zero-order valence-electron chi connectivity index (χ0n) is 19.9. The van der Waals surface area contributed by atoms with Gasteiger partial charge in [0.05, 0.1) is 5.69 Å². The molecule has 0 saturated heterocycles. The van der Waals surface area contributed by atoms with Crippen molar-refractivity contribution in [3.05, 3.63) is 65.7 Å². The third-order valence-electron chi connectivity index (χ3n) is 5.38. The van der Waals surface area contributed by atoms with Crippen LogP contribution in [-0.4, -0.2) is 31.3 Å². The Morgan fingerprint density at radius 2 is 1.85 bits per heavy atom. The van der Waals surface area contributed by atoms with E-state index in [2.05, 4.69) is 17.2 Å². The molecule has 0 aliphatic heterocycles. The van der Waals surface area contributed by atoms with Gasteiger partial charge in [-0.3, -0.25) is 9.59 Å². The molecule has 180 valence electrons. The largest absolute Gasteiger partial charge is 0.480 e. The number of nitrogens with one attached hydrogen (secondary N) is 1. The molecule has 2 N–H and O–H groups in total. The van der Waals surface area contributed by atoms with Crippen LogP contribution in [0.15, 0.2) is 53.6 Å². The van der Waals surface area contributed by atoms with Crippen LogP contribution in [0.25, 0.3) is 11.4 Å². The number of benzene rings is 2. The molecule has 3 rings (SSSR count). The lowest BCUT2D eigenvalue weighted by Crippen LogP contribution is -2.26. The lowest BCUT2D eigenvalue weighted by atomic mass is 10.2. The summed E-state index contributed by atoms with van der Waals surface area (Å²) in [5.41, 5.74) is 1.98. The van der Waals surface area contributed by atoms with Crippen LogP contribution in [0, 0.1) is 12.7 Å². The Hall–Kier alpha value is -3.13. The number of aryl methyl sites for hydroxylation is 2. The second-order valence-corrected chi connectivity index (χ2v) is 10.4. The van der Waals surface area contributed by atoms with Gasteiger partial charge in [-0.25, -0.2) is 9.37 Å². The smallest absolute Gasteiger partial charge is 0.319 e. The summed E-state index contributed by atoms with van der Waals surface area (Å²) in [7, 11) is 0. The number of amides is 1. The summed E-state index contributed by atoms with van der Waals surface area (Å²) in [4.78, 5) is 29.7. The third kappa shape index (κ3) is 6.26. The monoisotopic (exact) mass is 483 g/mol. The van der Waals surface area contributed by atoms with Gasteiger partial charge >= 0.3 is 5.97 Å². The zero-order chi connectivity index (χ0) is 24.9. The zero-order valence-corrected chi connectivity index (χ0v) is 20.7. The number of carbonyl (C=O) groups excluding carboxylic acids is 1. The van der Waals surface area contributed by atoms with Crippen LogP contribution in [0.2, 0.25) is 0 Å². The molecule has 1 aromatic heterocycles. The number of thioether (sulfide) groups is 1. The molecule has 34 heavy (non-hydrogen) atoms. The molecule has 0 saturated carbocycles. The highest BCUT2D eigenvalue weighted by atomic mass is 32.2. The molecule has 0 unspecified atom stereocenters. The minimum Gasteiger partial charge on any atom is -0.480 e. The van der Waals surface area contributed by atoms with E-state index in [0.717, 1.165) is 35.3 Å². The molecule has 6 nitrogen and oxygen atoms in total. The van der Waals surface area contributed by atoms with E-state index in [1.165, 1.54) is 17.8 Å². The first kappa shape index (κ1) is 25.5. The average molecular weight is 484 g/mol. The van der Waals surface area contributed by atoms with Gasteiger partial charge in [-0.15, -0.1) is 11.8 Å². The van der Waals surface area contributed by atoms with Crippen LogP contribution in [-0.2, 0) is 11.3 Å². The van der Waals surface area contributed by atoms with Gasteiger partial charge in [-0.1, -0.05) is 38.0 Å². The highest BCUT2D eigenvalue weighted by Gasteiger charge is 2.28. The van der Waals surface area contributed by atoms with E-state index >= 15 is 0 Å². The van der Waals surface area contributed by atoms with Crippen molar-refractivity contribution >= 4 is 29.3 Å². The topological polar surface area (TPSA) is 84.2 Å². The van der Waals surface area contributed by atoms with Crippen molar-refractivity contribution < 1.29 is 19.1 Å². The quantitative estimate of drug-likeness (QED) is 0.258. The predicted molar refractivity (Wildman–Crippen MR) is 134 cm³/mol. The molecular formula is C26H30FN3O3S. The normalized spacial score (nSPS) is 11.4. The number of imidazole rings is 1. The molecule has 0 atom stereocenters. The van der Waals surface area contributed by atoms with E-state index in [4.69, 9.17) is 0 Å². The molecule has 0 aliphatic rings. The molecule has 0 bridgehead atoms. The number of aromatic nitrogens is 2. The fourth-order valence-electron chi connectivity index (χ4n) is 3.39. The maximum atomic E-state index is 14.1. The molecule has 0 radical (unpaired) electrons. The van der Waals surface area contributed by atoms with Crippen molar-refractivity contribution in [2.45, 2.75) is 63.1 Å². The Morgan fingerprint density at radius 1 is 1.15 bits per heavy atom. The predicted octanol–water partition coefficient (Wildman–Crippen LogP) is 6.40. The highest BCUT2D eigenvalue weighted by Crippen LogP contribution is 2.34. The summed E-state index contributed by atoms with van der Waals surface area (Å²) in [6, 6.07) is 12.0. The number of carbonyl (C=O) groups is 2. The maximum Gasteiger partial charge on any atom is 0.319 e. The number of carboxylic acids is 1. The van der Waals surface area contributed by atoms with Gasteiger partial charge in [0.1, 0.15) is 22.1 Å². The summed E-state index contributed by atoms with van der Waals surface area (Å²) in [6.07, 6.45) is 4.75. The lowest BCUT2D eigenvalue weighted by molar-refractivity contribution is -0.138. The molecule has 0 fully saturated rings. The molecule has 8 heteroatoms. The van der Waals surface area contributed by atoms with Gasteiger partial charge in [0.15, 0.2) is 0 Å². The van der Waals surface area contributed by atoms with Crippen molar-refractivity contribution in [1.29, 1.82) is 0 Å². The number of aliphatic carboxylic acids is 1. The summed E-state index contributed by atoms with van der Waals surface area (Å²) in [5, 5.41) is 12.0. The first-order valence-electron chi connectivity index (χ1n) is 11.3. The summed E-state index contributed by atoms with van der Waals surface area (Å²) >= 11 is 1.27. The minimum atomic E-state index is -0.948. The fraction of sp³-hybridized carbons (Fsp3) is 0.346. The Bertz CT molecular complexity index is 1170. The number of carboxylic acid groups (broad SMARTS) is 1. The molecule has 0 aliphatic carbocycles. The SMILES string of the molecule is CCCCCn1cc(C(=O)Nc2cc(C)ccc2F)nc1-c1ccc(SC(C)(C)C(=O)O)cc1. The van der Waals surface area contributed by atoms with Gasteiger partial charge in [0, 0.05) is 23.2 Å². The first-order valence-corrected chi connectivity index (χ1v) is 12.1. The van der Waals surface area contributed by atoms with Crippen molar-refractivity contribution in [1.82, 2.24) is 9.55 Å². The van der Waals surface area contributed by atoms with E-state index in [1.54, 1.807) is 32.2 Å². The van der Waals surface area contributed by atoms with Crippen molar-refractivity contribution in [2.24, 2.45) is 0 Å². The Morgan fingerprint density at radius 3 is 2.50 bits per heavy atom. The van der Waals surface area contributed by atoms with Crippen LogP contribution in [0.4, 0.5) is 10.1 Å². The van der Waals surface area contributed by atoms with Crippen LogP contribution >= 0.6 is 11.8 Å². The molecule has 2 aromatic carbocycles. The van der Waals surface area contributed by atoms with Crippen molar-refractivity contribution in [2.75, 3.05) is 5.32 Å². The van der Waals surface area contributed by atoms with Crippen LogP contribution in [0.5, 0.6) is 0 Å². The van der Waals surface area contributed by atoms with E-state index in [0.29, 0.717) is 12.4 Å². The molecule has 0 spiro atoms. The van der Waals surface area contributed by atoms with E-state index < -0.39 is 22.4 Å². The second-order valence-electron chi connectivity index (χ2n) is 8.73. The van der Waals surface area contributed by atoms with E-state index in [9.17, 15) is 19.1 Å². The molecular weight excluding hydrogens is 453 g/mol. The lowest BCUT2D eigenvalue weighted by Gasteiger charge is -2.18. The number of rotatable bonds is 10. The first-order chi connectivity index (χ1) is 16.1.